The van der Waals surface area contributed by atoms with Crippen LogP contribution in [0.4, 0.5) is 13.2 Å². The second kappa shape index (κ2) is 8.02. The van der Waals surface area contributed by atoms with E-state index in [-0.39, 0.29) is 5.75 Å². The highest BCUT2D eigenvalue weighted by molar-refractivity contribution is 5.33. The highest BCUT2D eigenvalue weighted by Crippen LogP contribution is 2.28. The zero-order valence-corrected chi connectivity index (χ0v) is 13.8. The quantitative estimate of drug-likeness (QED) is 0.757. The fraction of sp³-hybridized carbons (Fsp3) is 0.647. The fourth-order valence-corrected chi connectivity index (χ4v) is 3.15. The summed E-state index contributed by atoms with van der Waals surface area (Å²) in [5.41, 5.74) is 0.591. The lowest BCUT2D eigenvalue weighted by molar-refractivity contribution is -0.275. The predicted octanol–water partition coefficient (Wildman–Crippen LogP) is 3.75. The van der Waals surface area contributed by atoms with Crippen LogP contribution in [0.2, 0.25) is 0 Å². The molecule has 0 aromatic heterocycles. The van der Waals surface area contributed by atoms with E-state index in [9.17, 15) is 13.2 Å². The summed E-state index contributed by atoms with van der Waals surface area (Å²) in [5, 5.41) is 0. The maximum Gasteiger partial charge on any atom is 0.573 e. The van der Waals surface area contributed by atoms with Crippen LogP contribution in [-0.2, 0) is 6.54 Å². The Hall–Kier alpha value is -1.27. The van der Waals surface area contributed by atoms with Crippen LogP contribution >= 0.6 is 0 Å². The van der Waals surface area contributed by atoms with Gasteiger partial charge in [-0.15, -0.1) is 13.2 Å². The van der Waals surface area contributed by atoms with Crippen molar-refractivity contribution in [1.29, 1.82) is 0 Å². The molecule has 1 fully saturated rings. The van der Waals surface area contributed by atoms with E-state index in [1.807, 2.05) is 0 Å². The number of likely N-dealkylation sites (tertiary alicyclic amines) is 1. The number of rotatable bonds is 7. The molecule has 1 saturated heterocycles. The molecule has 1 atom stereocenters. The van der Waals surface area contributed by atoms with E-state index in [0.29, 0.717) is 18.0 Å². The van der Waals surface area contributed by atoms with Crippen molar-refractivity contribution in [3.63, 3.8) is 0 Å². The molecule has 3 nitrogen and oxygen atoms in total. The van der Waals surface area contributed by atoms with Crippen LogP contribution in [-0.4, -0.2) is 48.9 Å². The molecule has 0 bridgehead atoms. The summed E-state index contributed by atoms with van der Waals surface area (Å²) < 4.78 is 41.6. The molecule has 1 aliphatic rings. The Morgan fingerprint density at radius 3 is 2.57 bits per heavy atom. The van der Waals surface area contributed by atoms with Gasteiger partial charge in [-0.3, -0.25) is 4.90 Å². The van der Waals surface area contributed by atoms with Gasteiger partial charge in [0.15, 0.2) is 0 Å². The Kier molecular flexibility index (Phi) is 6.30. The van der Waals surface area contributed by atoms with E-state index in [0.717, 1.165) is 39.1 Å². The van der Waals surface area contributed by atoms with Gasteiger partial charge in [0.25, 0.3) is 0 Å². The lowest BCUT2D eigenvalue weighted by Gasteiger charge is -2.23. The van der Waals surface area contributed by atoms with Crippen LogP contribution in [0.1, 0.15) is 25.8 Å². The van der Waals surface area contributed by atoms with Gasteiger partial charge in [-0.25, -0.2) is 0 Å². The first-order valence-electron chi connectivity index (χ1n) is 8.19. The largest absolute Gasteiger partial charge is 0.573 e. The van der Waals surface area contributed by atoms with Gasteiger partial charge in [0.2, 0.25) is 0 Å². The average Bonchev–Trinajstić information content (AvgIpc) is 2.92. The Bertz CT molecular complexity index is 489. The van der Waals surface area contributed by atoms with E-state index in [1.165, 1.54) is 6.07 Å². The van der Waals surface area contributed by atoms with Crippen molar-refractivity contribution in [1.82, 2.24) is 9.80 Å². The number of hydrogen-bond acceptors (Lipinski definition) is 3. The van der Waals surface area contributed by atoms with Crippen molar-refractivity contribution in [2.24, 2.45) is 5.92 Å². The van der Waals surface area contributed by atoms with Crippen LogP contribution in [0.3, 0.4) is 0 Å². The molecule has 1 aliphatic heterocycles. The second-order valence-corrected chi connectivity index (χ2v) is 6.03. The van der Waals surface area contributed by atoms with Crippen LogP contribution in [0.5, 0.6) is 5.75 Å². The minimum Gasteiger partial charge on any atom is -0.405 e. The third-order valence-corrected chi connectivity index (χ3v) is 4.37. The summed E-state index contributed by atoms with van der Waals surface area (Å²) in [7, 11) is 0. The lowest BCUT2D eigenvalue weighted by Crippen LogP contribution is -2.31. The van der Waals surface area contributed by atoms with Gasteiger partial charge in [-0.1, -0.05) is 32.0 Å². The minimum atomic E-state index is -4.65. The Morgan fingerprint density at radius 2 is 1.91 bits per heavy atom. The zero-order valence-electron chi connectivity index (χ0n) is 13.8. The number of para-hydroxylation sites is 1. The molecule has 0 radical (unpaired) electrons. The van der Waals surface area contributed by atoms with Crippen molar-refractivity contribution in [3.8, 4) is 5.75 Å². The summed E-state index contributed by atoms with van der Waals surface area (Å²) in [5.74, 6) is 0.498. The van der Waals surface area contributed by atoms with Gasteiger partial charge in [0.1, 0.15) is 5.75 Å². The van der Waals surface area contributed by atoms with Crippen LogP contribution in [0, 0.1) is 5.92 Å². The highest BCUT2D eigenvalue weighted by Gasteiger charge is 2.32. The van der Waals surface area contributed by atoms with E-state index in [4.69, 9.17) is 0 Å². The molecule has 0 aliphatic carbocycles. The smallest absolute Gasteiger partial charge is 0.405 e. The summed E-state index contributed by atoms with van der Waals surface area (Å²) in [4.78, 5) is 4.61. The van der Waals surface area contributed by atoms with E-state index in [1.54, 1.807) is 18.2 Å². The fourth-order valence-electron chi connectivity index (χ4n) is 3.15. The topological polar surface area (TPSA) is 15.7 Å². The summed E-state index contributed by atoms with van der Waals surface area (Å²) in [6, 6.07) is 6.41. The molecule has 130 valence electrons. The zero-order chi connectivity index (χ0) is 16.9. The monoisotopic (exact) mass is 330 g/mol. The molecular formula is C17H25F3N2O. The first kappa shape index (κ1) is 18.1. The molecule has 6 heteroatoms. The Labute approximate surface area is 136 Å². The normalized spacial score (nSPS) is 19.5. The predicted molar refractivity (Wildman–Crippen MR) is 84.3 cm³/mol. The highest BCUT2D eigenvalue weighted by atomic mass is 19.4. The number of ether oxygens (including phenoxy) is 1. The number of nitrogens with zero attached hydrogens (tertiary/aromatic N) is 2. The molecule has 0 amide bonds. The molecule has 2 rings (SSSR count). The van der Waals surface area contributed by atoms with Crippen molar-refractivity contribution in [2.75, 3.05) is 32.7 Å². The molecule has 0 N–H and O–H groups in total. The molecule has 1 aromatic rings. The Morgan fingerprint density at radius 1 is 1.22 bits per heavy atom. The molecule has 23 heavy (non-hydrogen) atoms. The minimum absolute atomic E-state index is 0.0906. The summed E-state index contributed by atoms with van der Waals surface area (Å²) in [6.45, 7) is 9.79. The van der Waals surface area contributed by atoms with Gasteiger partial charge >= 0.3 is 6.36 Å². The second-order valence-electron chi connectivity index (χ2n) is 6.03. The molecule has 0 saturated carbocycles. The maximum absolute atomic E-state index is 12.5. The molecule has 1 unspecified atom stereocenters. The molecule has 1 heterocycles. The van der Waals surface area contributed by atoms with Gasteiger partial charge in [0, 0.05) is 25.2 Å². The van der Waals surface area contributed by atoms with E-state index >= 15 is 0 Å². The van der Waals surface area contributed by atoms with Crippen molar-refractivity contribution in [2.45, 2.75) is 33.2 Å². The summed E-state index contributed by atoms with van der Waals surface area (Å²) in [6.07, 6.45) is -3.55. The number of benzene rings is 1. The number of halogens is 3. The van der Waals surface area contributed by atoms with Gasteiger partial charge in [-0.2, -0.15) is 0 Å². The van der Waals surface area contributed by atoms with Crippen molar-refractivity contribution in [3.05, 3.63) is 29.8 Å². The van der Waals surface area contributed by atoms with Gasteiger partial charge in [0.05, 0.1) is 0 Å². The molecule has 1 aromatic carbocycles. The van der Waals surface area contributed by atoms with Crippen molar-refractivity contribution >= 4 is 0 Å². The number of hydrogen-bond donors (Lipinski definition) is 0. The third kappa shape index (κ3) is 5.70. The van der Waals surface area contributed by atoms with E-state index < -0.39 is 6.36 Å². The van der Waals surface area contributed by atoms with Crippen LogP contribution < -0.4 is 4.74 Å². The first-order valence-corrected chi connectivity index (χ1v) is 8.19. The number of alkyl halides is 3. The standard InChI is InChI=1S/C17H25F3N2O/c1-3-21(4-2)11-14-9-10-22(12-14)13-15-7-5-6-8-16(15)23-17(18,19)20/h5-8,14H,3-4,9-13H2,1-2H3. The van der Waals surface area contributed by atoms with Crippen LogP contribution in [0.15, 0.2) is 24.3 Å². The van der Waals surface area contributed by atoms with Crippen LogP contribution in [0.25, 0.3) is 0 Å². The van der Waals surface area contributed by atoms with Crippen molar-refractivity contribution < 1.29 is 17.9 Å². The summed E-state index contributed by atoms with van der Waals surface area (Å²) >= 11 is 0. The average molecular weight is 330 g/mol. The Balaban J connectivity index is 1.93. The van der Waals surface area contributed by atoms with Gasteiger partial charge < -0.3 is 9.64 Å². The lowest BCUT2D eigenvalue weighted by atomic mass is 10.1. The maximum atomic E-state index is 12.5. The SMILES string of the molecule is CCN(CC)CC1CCN(Cc2ccccc2OC(F)(F)F)C1. The van der Waals surface area contributed by atoms with Gasteiger partial charge in [-0.05, 0) is 38.0 Å². The van der Waals surface area contributed by atoms with E-state index in [2.05, 4.69) is 28.4 Å². The molecular weight excluding hydrogens is 305 g/mol. The third-order valence-electron chi connectivity index (χ3n) is 4.37. The molecule has 0 spiro atoms. The first-order chi connectivity index (χ1) is 10.9.